The van der Waals surface area contributed by atoms with E-state index in [2.05, 4.69) is 0 Å². The molecule has 6 nitrogen and oxygen atoms in total. The quantitative estimate of drug-likeness (QED) is 0.784. The Morgan fingerprint density at radius 2 is 1.39 bits per heavy atom. The summed E-state index contributed by atoms with van der Waals surface area (Å²) in [5, 5.41) is 21.7. The van der Waals surface area contributed by atoms with Crippen LogP contribution in [0.1, 0.15) is 23.7 Å². The van der Waals surface area contributed by atoms with Crippen molar-refractivity contribution in [1.82, 2.24) is 0 Å². The third-order valence-electron chi connectivity index (χ3n) is 4.84. The van der Waals surface area contributed by atoms with Crippen LogP contribution in [0.2, 0.25) is 10.0 Å². The highest BCUT2D eigenvalue weighted by Crippen LogP contribution is 2.37. The summed E-state index contributed by atoms with van der Waals surface area (Å²) < 4.78 is 23.6. The fourth-order valence-electron chi connectivity index (χ4n) is 3.33. The molecule has 2 saturated heterocycles. The Hall–Kier alpha value is -1.22. The first-order chi connectivity index (χ1) is 13.5. The van der Waals surface area contributed by atoms with E-state index >= 15 is 0 Å². The van der Waals surface area contributed by atoms with E-state index in [0.29, 0.717) is 10.0 Å². The molecule has 0 aliphatic carbocycles. The summed E-state index contributed by atoms with van der Waals surface area (Å²) in [7, 11) is 0. The minimum Gasteiger partial charge on any atom is -0.394 e. The first kappa shape index (κ1) is 20.1. The van der Waals surface area contributed by atoms with Crippen molar-refractivity contribution in [3.05, 3.63) is 69.7 Å². The predicted molar refractivity (Wildman–Crippen MR) is 102 cm³/mol. The first-order valence-electron chi connectivity index (χ1n) is 8.93. The summed E-state index contributed by atoms with van der Waals surface area (Å²) in [4.78, 5) is 0. The normalized spacial score (nSPS) is 33.1. The van der Waals surface area contributed by atoms with Gasteiger partial charge in [0.1, 0.15) is 24.4 Å². The van der Waals surface area contributed by atoms with E-state index in [1.165, 1.54) is 0 Å². The third kappa shape index (κ3) is 4.20. The summed E-state index contributed by atoms with van der Waals surface area (Å²) in [5.41, 5.74) is 1.50. The standard InChI is InChI=1S/C20H20Cl2O6/c21-13-5-1-11(2-6-13)19-25-10-16-18(17(24)15(9-23)26-19)28-20(27-16)12-3-7-14(22)8-4-12/h1-8,15-20,23-24H,9-10H2/t15-,16+,17-,18-,19?,20?/m1/s1. The van der Waals surface area contributed by atoms with Crippen molar-refractivity contribution < 1.29 is 29.2 Å². The van der Waals surface area contributed by atoms with E-state index in [1.54, 1.807) is 48.5 Å². The number of aliphatic hydroxyl groups is 2. The largest absolute Gasteiger partial charge is 0.394 e. The molecule has 0 amide bonds. The predicted octanol–water partition coefficient (Wildman–Crippen LogP) is 3.24. The molecule has 6 atom stereocenters. The highest BCUT2D eigenvalue weighted by Gasteiger charge is 2.46. The Bertz CT molecular complexity index is 784. The lowest BCUT2D eigenvalue weighted by atomic mass is 10.0. The van der Waals surface area contributed by atoms with Crippen LogP contribution in [-0.2, 0) is 18.9 Å². The van der Waals surface area contributed by atoms with Crippen LogP contribution in [0.3, 0.4) is 0 Å². The van der Waals surface area contributed by atoms with Gasteiger partial charge in [0.15, 0.2) is 12.6 Å². The Balaban J connectivity index is 1.54. The topological polar surface area (TPSA) is 77.4 Å². The number of hydrogen-bond acceptors (Lipinski definition) is 6. The Morgan fingerprint density at radius 3 is 1.96 bits per heavy atom. The molecule has 2 unspecified atom stereocenters. The maximum Gasteiger partial charge on any atom is 0.184 e. The number of hydrogen-bond donors (Lipinski definition) is 2. The lowest BCUT2D eigenvalue weighted by molar-refractivity contribution is -0.241. The highest BCUT2D eigenvalue weighted by atomic mass is 35.5. The summed E-state index contributed by atoms with van der Waals surface area (Å²) in [5.74, 6) is 0. The van der Waals surface area contributed by atoms with Gasteiger partial charge in [-0.3, -0.25) is 0 Å². The van der Waals surface area contributed by atoms with Crippen molar-refractivity contribution in [3.63, 3.8) is 0 Å². The number of halogens is 2. The molecule has 2 fully saturated rings. The van der Waals surface area contributed by atoms with Crippen LogP contribution in [-0.4, -0.2) is 47.8 Å². The van der Waals surface area contributed by atoms with Crippen molar-refractivity contribution in [3.8, 4) is 0 Å². The molecule has 0 radical (unpaired) electrons. The van der Waals surface area contributed by atoms with Crippen molar-refractivity contribution >= 4 is 23.2 Å². The van der Waals surface area contributed by atoms with Crippen LogP contribution in [0, 0.1) is 0 Å². The number of fused-ring (bicyclic) bond motifs is 1. The minimum atomic E-state index is -1.09. The number of benzene rings is 2. The van der Waals surface area contributed by atoms with Crippen molar-refractivity contribution in [2.75, 3.05) is 13.2 Å². The van der Waals surface area contributed by atoms with E-state index in [9.17, 15) is 10.2 Å². The third-order valence-corrected chi connectivity index (χ3v) is 5.34. The van der Waals surface area contributed by atoms with Crippen LogP contribution in [0.5, 0.6) is 0 Å². The zero-order valence-electron chi connectivity index (χ0n) is 14.8. The molecule has 2 N–H and O–H groups in total. The molecule has 0 saturated carbocycles. The van der Waals surface area contributed by atoms with Gasteiger partial charge in [-0.25, -0.2) is 0 Å². The maximum atomic E-state index is 10.8. The van der Waals surface area contributed by atoms with Gasteiger partial charge in [-0.05, 0) is 24.3 Å². The molecule has 2 aromatic carbocycles. The second kappa shape index (κ2) is 8.65. The first-order valence-corrected chi connectivity index (χ1v) is 9.68. The minimum absolute atomic E-state index is 0.150. The number of rotatable bonds is 3. The number of aliphatic hydroxyl groups excluding tert-OH is 2. The van der Waals surface area contributed by atoms with Gasteiger partial charge in [-0.2, -0.15) is 0 Å². The zero-order chi connectivity index (χ0) is 19.7. The maximum absolute atomic E-state index is 10.8. The molecule has 2 aliphatic heterocycles. The summed E-state index contributed by atoms with van der Waals surface area (Å²) in [6.07, 6.45) is -4.67. The molecule has 2 aliphatic rings. The lowest BCUT2D eigenvalue weighted by Crippen LogP contribution is -2.49. The number of ether oxygens (including phenoxy) is 4. The van der Waals surface area contributed by atoms with Gasteiger partial charge >= 0.3 is 0 Å². The molecule has 28 heavy (non-hydrogen) atoms. The van der Waals surface area contributed by atoms with Gasteiger partial charge in [0.05, 0.1) is 13.2 Å². The van der Waals surface area contributed by atoms with Gasteiger partial charge in [0.2, 0.25) is 0 Å². The molecule has 2 heterocycles. The van der Waals surface area contributed by atoms with Crippen LogP contribution >= 0.6 is 23.2 Å². The van der Waals surface area contributed by atoms with Crippen LogP contribution in [0.25, 0.3) is 0 Å². The van der Waals surface area contributed by atoms with Crippen molar-refractivity contribution in [2.24, 2.45) is 0 Å². The molecule has 8 heteroatoms. The van der Waals surface area contributed by atoms with Gasteiger partial charge in [-0.15, -0.1) is 0 Å². The van der Waals surface area contributed by atoms with E-state index in [0.717, 1.165) is 11.1 Å². The summed E-state index contributed by atoms with van der Waals surface area (Å²) in [6, 6.07) is 14.1. The summed E-state index contributed by atoms with van der Waals surface area (Å²) >= 11 is 11.9. The average molecular weight is 427 g/mol. The van der Waals surface area contributed by atoms with Crippen molar-refractivity contribution in [1.29, 1.82) is 0 Å². The second-order valence-corrected chi connectivity index (χ2v) is 7.60. The monoisotopic (exact) mass is 426 g/mol. The van der Waals surface area contributed by atoms with Crippen LogP contribution in [0.4, 0.5) is 0 Å². The van der Waals surface area contributed by atoms with E-state index < -0.39 is 43.6 Å². The van der Waals surface area contributed by atoms with E-state index in [4.69, 9.17) is 42.1 Å². The lowest BCUT2D eigenvalue weighted by Gasteiger charge is -2.34. The highest BCUT2D eigenvalue weighted by molar-refractivity contribution is 6.30. The Kier molecular flexibility index (Phi) is 6.20. The van der Waals surface area contributed by atoms with Gasteiger partial charge in [0, 0.05) is 21.2 Å². The van der Waals surface area contributed by atoms with Crippen LogP contribution in [0.15, 0.2) is 48.5 Å². The van der Waals surface area contributed by atoms with E-state index in [1.807, 2.05) is 0 Å². The van der Waals surface area contributed by atoms with Gasteiger partial charge < -0.3 is 29.2 Å². The molecule has 0 aromatic heterocycles. The SMILES string of the molecule is OC[C@H]1OC(c2ccc(Cl)cc2)OC[C@@H]2OC(c3ccc(Cl)cc3)O[C@H]2[C@@H]1O. The Labute approximate surface area is 172 Å². The average Bonchev–Trinajstić information content (AvgIpc) is 3.12. The molecule has 4 rings (SSSR count). The molecule has 0 bridgehead atoms. The Morgan fingerprint density at radius 1 is 0.821 bits per heavy atom. The fourth-order valence-corrected chi connectivity index (χ4v) is 3.58. The fraction of sp³-hybridized carbons (Fsp3) is 0.400. The van der Waals surface area contributed by atoms with E-state index in [-0.39, 0.29) is 6.61 Å². The van der Waals surface area contributed by atoms with Gasteiger partial charge in [0.25, 0.3) is 0 Å². The molecule has 150 valence electrons. The second-order valence-electron chi connectivity index (χ2n) is 6.72. The molecule has 2 aromatic rings. The zero-order valence-corrected chi connectivity index (χ0v) is 16.3. The smallest absolute Gasteiger partial charge is 0.184 e. The molecule has 0 spiro atoms. The molecular weight excluding hydrogens is 407 g/mol. The van der Waals surface area contributed by atoms with Gasteiger partial charge in [-0.1, -0.05) is 47.5 Å². The molecular formula is C20H20Cl2O6. The van der Waals surface area contributed by atoms with Crippen molar-refractivity contribution in [2.45, 2.75) is 37.0 Å². The van der Waals surface area contributed by atoms with Crippen LogP contribution < -0.4 is 0 Å². The summed E-state index contributed by atoms with van der Waals surface area (Å²) in [6.45, 7) is -0.246.